The fourth-order valence-electron chi connectivity index (χ4n) is 2.79. The number of H-pyrrole nitrogens is 1. The van der Waals surface area contributed by atoms with Gasteiger partial charge in [-0.05, 0) is 26.7 Å². The smallest absolute Gasteiger partial charge is 0.182 e. The predicted octanol–water partition coefficient (Wildman–Crippen LogP) is 1.65. The number of aromatic amines is 1. The van der Waals surface area contributed by atoms with Gasteiger partial charge in [0.05, 0.1) is 19.0 Å². The van der Waals surface area contributed by atoms with Gasteiger partial charge >= 0.3 is 0 Å². The Hall–Kier alpha value is -1.73. The summed E-state index contributed by atoms with van der Waals surface area (Å²) in [6, 6.07) is 0.448. The third-order valence-corrected chi connectivity index (χ3v) is 4.01. The van der Waals surface area contributed by atoms with Gasteiger partial charge in [-0.2, -0.15) is 0 Å². The van der Waals surface area contributed by atoms with Gasteiger partial charge in [0.15, 0.2) is 11.5 Å². The van der Waals surface area contributed by atoms with E-state index in [0.717, 1.165) is 50.4 Å². The number of nitrogens with one attached hydrogen (secondary N) is 2. The van der Waals surface area contributed by atoms with E-state index in [1.165, 1.54) is 0 Å². The van der Waals surface area contributed by atoms with Crippen molar-refractivity contribution >= 4 is 17.0 Å². The van der Waals surface area contributed by atoms with Crippen LogP contribution in [0.1, 0.15) is 26.7 Å². The second-order valence-electron chi connectivity index (χ2n) is 6.00. The van der Waals surface area contributed by atoms with Crippen LogP contribution in [0.25, 0.3) is 11.2 Å². The fourth-order valence-corrected chi connectivity index (χ4v) is 2.79. The summed E-state index contributed by atoms with van der Waals surface area (Å²) in [7, 11) is 0. The summed E-state index contributed by atoms with van der Waals surface area (Å²) in [6.07, 6.45) is 5.75. The number of ether oxygens (including phenoxy) is 1. The molecule has 2 aromatic heterocycles. The molecule has 0 amide bonds. The molecule has 0 saturated carbocycles. The molecule has 2 N–H and O–H groups in total. The zero-order chi connectivity index (χ0) is 15.4. The van der Waals surface area contributed by atoms with Crippen molar-refractivity contribution in [3.05, 3.63) is 12.7 Å². The summed E-state index contributed by atoms with van der Waals surface area (Å²) in [4.78, 5) is 18.2. The minimum Gasteiger partial charge on any atom is -0.377 e. The van der Waals surface area contributed by atoms with E-state index < -0.39 is 0 Å². The van der Waals surface area contributed by atoms with E-state index in [2.05, 4.69) is 44.0 Å². The molecule has 1 saturated heterocycles. The molecule has 1 aliphatic heterocycles. The molecule has 1 aliphatic rings. The standard InChI is InChI=1S/C15H24N6O/c1-11(2)22-8-7-21-5-3-12(4-6-21)20-15-13-14(17-9-16-13)18-10-19-15/h9-12H,3-8H2,1-2H3,(H2,16,17,18,19,20). The van der Waals surface area contributed by atoms with E-state index in [9.17, 15) is 0 Å². The average Bonchev–Trinajstić information content (AvgIpc) is 2.98. The number of nitrogens with zero attached hydrogens (tertiary/aromatic N) is 4. The third-order valence-electron chi connectivity index (χ3n) is 4.01. The zero-order valence-electron chi connectivity index (χ0n) is 13.2. The average molecular weight is 304 g/mol. The van der Waals surface area contributed by atoms with Gasteiger partial charge in [-0.3, -0.25) is 0 Å². The van der Waals surface area contributed by atoms with Gasteiger partial charge in [0, 0.05) is 25.7 Å². The van der Waals surface area contributed by atoms with Gasteiger partial charge in [0.25, 0.3) is 0 Å². The number of imidazole rings is 1. The lowest BCUT2D eigenvalue weighted by Gasteiger charge is -2.32. The van der Waals surface area contributed by atoms with Crippen LogP contribution in [0.4, 0.5) is 5.82 Å². The van der Waals surface area contributed by atoms with E-state index in [1.54, 1.807) is 12.7 Å². The predicted molar refractivity (Wildman–Crippen MR) is 85.9 cm³/mol. The Balaban J connectivity index is 1.49. The van der Waals surface area contributed by atoms with Gasteiger partial charge in [-0.15, -0.1) is 0 Å². The molecule has 0 aromatic carbocycles. The molecule has 1 fully saturated rings. The van der Waals surface area contributed by atoms with E-state index in [0.29, 0.717) is 17.8 Å². The Morgan fingerprint density at radius 1 is 1.32 bits per heavy atom. The summed E-state index contributed by atoms with van der Waals surface area (Å²) < 4.78 is 5.62. The Bertz CT molecular complexity index is 590. The molecule has 22 heavy (non-hydrogen) atoms. The van der Waals surface area contributed by atoms with Gasteiger partial charge in [-0.1, -0.05) is 0 Å². The minimum atomic E-state index is 0.314. The first-order valence-corrected chi connectivity index (χ1v) is 7.97. The van der Waals surface area contributed by atoms with Crippen molar-refractivity contribution in [2.24, 2.45) is 0 Å². The Morgan fingerprint density at radius 2 is 2.14 bits per heavy atom. The number of aromatic nitrogens is 4. The topological polar surface area (TPSA) is 79.0 Å². The largest absolute Gasteiger partial charge is 0.377 e. The molecule has 0 aliphatic carbocycles. The molecule has 0 bridgehead atoms. The first kappa shape index (κ1) is 15.2. The quantitative estimate of drug-likeness (QED) is 0.845. The van der Waals surface area contributed by atoms with Crippen molar-refractivity contribution in [2.45, 2.75) is 38.8 Å². The molecule has 3 rings (SSSR count). The second kappa shape index (κ2) is 7.02. The molecular weight excluding hydrogens is 280 g/mol. The van der Waals surface area contributed by atoms with Crippen LogP contribution in [0.3, 0.4) is 0 Å². The van der Waals surface area contributed by atoms with Crippen molar-refractivity contribution < 1.29 is 4.74 Å². The molecule has 2 aromatic rings. The Morgan fingerprint density at radius 3 is 2.91 bits per heavy atom. The summed E-state index contributed by atoms with van der Waals surface area (Å²) in [5.41, 5.74) is 1.59. The lowest BCUT2D eigenvalue weighted by Crippen LogP contribution is -2.40. The highest BCUT2D eigenvalue weighted by Crippen LogP contribution is 2.19. The lowest BCUT2D eigenvalue weighted by molar-refractivity contribution is 0.0543. The van der Waals surface area contributed by atoms with Crippen molar-refractivity contribution in [2.75, 3.05) is 31.6 Å². The van der Waals surface area contributed by atoms with Crippen molar-refractivity contribution in [1.29, 1.82) is 0 Å². The highest BCUT2D eigenvalue weighted by atomic mass is 16.5. The Kier molecular flexibility index (Phi) is 4.84. The monoisotopic (exact) mass is 304 g/mol. The molecule has 120 valence electrons. The van der Waals surface area contributed by atoms with Gasteiger partial charge < -0.3 is 19.9 Å². The molecule has 0 unspecified atom stereocenters. The number of likely N-dealkylation sites (tertiary alicyclic amines) is 1. The molecule has 0 radical (unpaired) electrons. The van der Waals surface area contributed by atoms with Crippen LogP contribution in [0, 0.1) is 0 Å². The van der Waals surface area contributed by atoms with E-state index in [-0.39, 0.29) is 0 Å². The first-order valence-electron chi connectivity index (χ1n) is 7.97. The van der Waals surface area contributed by atoms with Crippen LogP contribution in [0.2, 0.25) is 0 Å². The van der Waals surface area contributed by atoms with Crippen molar-refractivity contribution in [1.82, 2.24) is 24.8 Å². The molecule has 3 heterocycles. The minimum absolute atomic E-state index is 0.314. The number of fused-ring (bicyclic) bond motifs is 1. The highest BCUT2D eigenvalue weighted by molar-refractivity contribution is 5.82. The molecule has 7 nitrogen and oxygen atoms in total. The summed E-state index contributed by atoms with van der Waals surface area (Å²) in [5, 5.41) is 3.52. The fraction of sp³-hybridized carbons (Fsp3) is 0.667. The maximum absolute atomic E-state index is 5.62. The first-order chi connectivity index (χ1) is 10.7. The van der Waals surface area contributed by atoms with E-state index in [4.69, 9.17) is 4.74 Å². The zero-order valence-corrected chi connectivity index (χ0v) is 13.2. The van der Waals surface area contributed by atoms with E-state index >= 15 is 0 Å². The Labute approximate surface area is 130 Å². The number of anilines is 1. The second-order valence-corrected chi connectivity index (χ2v) is 6.00. The summed E-state index contributed by atoms with van der Waals surface area (Å²) in [5.74, 6) is 0.851. The molecule has 0 atom stereocenters. The lowest BCUT2D eigenvalue weighted by atomic mass is 10.1. The van der Waals surface area contributed by atoms with Crippen LogP contribution in [-0.4, -0.2) is 63.2 Å². The van der Waals surface area contributed by atoms with Crippen LogP contribution in [0.5, 0.6) is 0 Å². The van der Waals surface area contributed by atoms with Crippen molar-refractivity contribution in [3.8, 4) is 0 Å². The molecule has 7 heteroatoms. The van der Waals surface area contributed by atoms with Gasteiger partial charge in [0.2, 0.25) is 0 Å². The molecule has 0 spiro atoms. The third kappa shape index (κ3) is 3.72. The number of piperidine rings is 1. The summed E-state index contributed by atoms with van der Waals surface area (Å²) in [6.45, 7) is 8.18. The van der Waals surface area contributed by atoms with Crippen LogP contribution >= 0.6 is 0 Å². The van der Waals surface area contributed by atoms with Crippen molar-refractivity contribution in [3.63, 3.8) is 0 Å². The number of hydrogen-bond acceptors (Lipinski definition) is 6. The number of hydrogen-bond donors (Lipinski definition) is 2. The van der Waals surface area contributed by atoms with Crippen LogP contribution in [-0.2, 0) is 4.74 Å². The van der Waals surface area contributed by atoms with Gasteiger partial charge in [-0.25, -0.2) is 15.0 Å². The summed E-state index contributed by atoms with van der Waals surface area (Å²) >= 11 is 0. The number of rotatable bonds is 6. The van der Waals surface area contributed by atoms with E-state index in [1.807, 2.05) is 0 Å². The van der Waals surface area contributed by atoms with Crippen LogP contribution < -0.4 is 5.32 Å². The van der Waals surface area contributed by atoms with Crippen LogP contribution in [0.15, 0.2) is 12.7 Å². The maximum Gasteiger partial charge on any atom is 0.182 e. The SMILES string of the molecule is CC(C)OCCN1CCC(Nc2ncnc3nc[nH]c23)CC1. The normalized spacial score (nSPS) is 17.4. The van der Waals surface area contributed by atoms with Gasteiger partial charge in [0.1, 0.15) is 11.8 Å². The molecular formula is C15H24N6O. The highest BCUT2D eigenvalue weighted by Gasteiger charge is 2.20. The maximum atomic E-state index is 5.62.